The van der Waals surface area contributed by atoms with Crippen LogP contribution in [-0.4, -0.2) is 63.2 Å². The molecule has 290 valence electrons. The van der Waals surface area contributed by atoms with Crippen molar-refractivity contribution in [2.75, 3.05) is 6.54 Å². The van der Waals surface area contributed by atoms with Crippen molar-refractivity contribution in [3.63, 3.8) is 0 Å². The van der Waals surface area contributed by atoms with Crippen LogP contribution in [-0.2, 0) is 37.0 Å². The summed E-state index contributed by atoms with van der Waals surface area (Å²) in [7, 11) is 0. The first kappa shape index (κ1) is 39.6. The molecule has 10 heteroatoms. The Kier molecular flexibility index (Phi) is 12.9. The molecule has 2 heterocycles. The van der Waals surface area contributed by atoms with Gasteiger partial charge in [0.05, 0.1) is 31.3 Å². The van der Waals surface area contributed by atoms with Gasteiger partial charge in [-0.2, -0.15) is 0 Å². The van der Waals surface area contributed by atoms with Crippen molar-refractivity contribution in [1.29, 1.82) is 0 Å². The van der Waals surface area contributed by atoms with Crippen molar-refractivity contribution in [2.45, 2.75) is 128 Å². The standard InChI is InChI=1S/C44H57N3O7/c1-28-38(26-47-36-11-6-5-9-32(36)20-21-37(47)42(52)46-44(2,3)4)53-43(54-41(28)33-14-12-29(27-48)13-15-33)34-18-16-31(17-19-34)35-10-7-8-30(24-35)25-45-39(49)22-23-40(50)51/h7-8,10,12-19,24,28,32,36-38,41,43,48H,5-6,9,11,20-23,25-27H2,1-4H3,(H,45,49)(H,46,52)(H,50,51)/t28-,32-,36-,37-,38+,41+,43+/m1/s1. The van der Waals surface area contributed by atoms with Crippen molar-refractivity contribution < 1.29 is 34.1 Å². The number of ether oxygens (including phenoxy) is 2. The molecule has 6 rings (SSSR count). The Morgan fingerprint density at radius 3 is 2.26 bits per heavy atom. The van der Waals surface area contributed by atoms with E-state index in [-0.39, 0.29) is 61.0 Å². The quantitative estimate of drug-likeness (QED) is 0.155. The van der Waals surface area contributed by atoms with E-state index in [1.165, 1.54) is 19.3 Å². The molecule has 3 aromatic carbocycles. The maximum Gasteiger partial charge on any atom is 0.303 e. The number of benzene rings is 3. The zero-order chi connectivity index (χ0) is 38.4. The number of carboxylic acid groups (broad SMARTS) is 1. The fourth-order valence-corrected chi connectivity index (χ4v) is 8.47. The average molecular weight is 740 g/mol. The van der Waals surface area contributed by atoms with Crippen LogP contribution in [0, 0.1) is 11.8 Å². The summed E-state index contributed by atoms with van der Waals surface area (Å²) in [5.41, 5.74) is 5.35. The van der Waals surface area contributed by atoms with Crippen LogP contribution in [0.3, 0.4) is 0 Å². The highest BCUT2D eigenvalue weighted by atomic mass is 16.7. The van der Waals surface area contributed by atoms with E-state index in [1.54, 1.807) is 0 Å². The molecular formula is C44H57N3O7. The number of nitrogens with zero attached hydrogens (tertiary/aromatic N) is 1. The molecule has 0 bridgehead atoms. The normalized spacial score (nSPS) is 26.1. The molecule has 0 spiro atoms. The molecule has 7 atom stereocenters. The fourth-order valence-electron chi connectivity index (χ4n) is 8.47. The number of hydrogen-bond donors (Lipinski definition) is 4. The Balaban J connectivity index is 1.24. The molecule has 3 fully saturated rings. The van der Waals surface area contributed by atoms with Gasteiger partial charge in [-0.15, -0.1) is 0 Å². The first-order chi connectivity index (χ1) is 25.9. The number of piperidine rings is 1. The minimum Gasteiger partial charge on any atom is -0.481 e. The van der Waals surface area contributed by atoms with Gasteiger partial charge in [-0.3, -0.25) is 19.3 Å². The van der Waals surface area contributed by atoms with E-state index >= 15 is 0 Å². The monoisotopic (exact) mass is 739 g/mol. The van der Waals surface area contributed by atoms with Gasteiger partial charge in [0.1, 0.15) is 0 Å². The van der Waals surface area contributed by atoms with E-state index in [4.69, 9.17) is 14.6 Å². The lowest BCUT2D eigenvalue weighted by atomic mass is 9.75. The van der Waals surface area contributed by atoms with E-state index in [0.29, 0.717) is 25.0 Å². The van der Waals surface area contributed by atoms with Crippen molar-refractivity contribution >= 4 is 17.8 Å². The van der Waals surface area contributed by atoms with E-state index in [1.807, 2.05) is 81.4 Å². The predicted octanol–water partition coefficient (Wildman–Crippen LogP) is 7.06. The summed E-state index contributed by atoms with van der Waals surface area (Å²) in [4.78, 5) is 39.3. The van der Waals surface area contributed by atoms with Gasteiger partial charge >= 0.3 is 5.97 Å². The van der Waals surface area contributed by atoms with Crippen LogP contribution in [0.5, 0.6) is 0 Å². The molecule has 54 heavy (non-hydrogen) atoms. The molecule has 0 radical (unpaired) electrons. The maximum atomic E-state index is 13.9. The third-order valence-electron chi connectivity index (χ3n) is 11.3. The first-order valence-electron chi connectivity index (χ1n) is 19.6. The molecule has 3 aromatic rings. The molecule has 2 aliphatic heterocycles. The zero-order valence-electron chi connectivity index (χ0n) is 32.1. The second kappa shape index (κ2) is 17.6. The third kappa shape index (κ3) is 9.96. The predicted molar refractivity (Wildman–Crippen MR) is 207 cm³/mol. The lowest BCUT2D eigenvalue weighted by Gasteiger charge is -2.51. The number of aliphatic hydroxyl groups is 1. The Hall–Kier alpha value is -4.09. The number of aliphatic hydroxyl groups excluding tert-OH is 1. The number of carboxylic acids is 1. The van der Waals surface area contributed by atoms with Gasteiger partial charge in [0.15, 0.2) is 6.29 Å². The average Bonchev–Trinajstić information content (AvgIpc) is 3.16. The number of nitrogens with one attached hydrogen (secondary N) is 2. The lowest BCUT2D eigenvalue weighted by Crippen LogP contribution is -2.61. The molecule has 4 N–H and O–H groups in total. The molecule has 2 saturated heterocycles. The number of hydrogen-bond acceptors (Lipinski definition) is 7. The Labute approximate surface area is 319 Å². The van der Waals surface area contributed by atoms with E-state index in [0.717, 1.165) is 52.6 Å². The summed E-state index contributed by atoms with van der Waals surface area (Å²) < 4.78 is 13.7. The molecule has 10 nitrogen and oxygen atoms in total. The minimum atomic E-state index is -0.995. The summed E-state index contributed by atoms with van der Waals surface area (Å²) in [6.45, 7) is 9.22. The highest BCUT2D eigenvalue weighted by molar-refractivity contribution is 5.82. The summed E-state index contributed by atoms with van der Waals surface area (Å²) in [6.07, 6.45) is 5.28. The summed E-state index contributed by atoms with van der Waals surface area (Å²) >= 11 is 0. The third-order valence-corrected chi connectivity index (χ3v) is 11.3. The van der Waals surface area contributed by atoms with Crippen molar-refractivity contribution in [3.8, 4) is 11.1 Å². The highest BCUT2D eigenvalue weighted by Crippen LogP contribution is 2.44. The minimum absolute atomic E-state index is 0.0110. The van der Waals surface area contributed by atoms with Crippen LogP contribution in [0.4, 0.5) is 0 Å². The number of amides is 2. The van der Waals surface area contributed by atoms with E-state index < -0.39 is 12.3 Å². The Morgan fingerprint density at radius 1 is 0.833 bits per heavy atom. The number of rotatable bonds is 12. The number of fused-ring (bicyclic) bond motifs is 1. The molecule has 2 amide bonds. The van der Waals surface area contributed by atoms with Gasteiger partial charge in [-0.05, 0) is 86.3 Å². The number of aliphatic carboxylic acids is 1. The molecular weight excluding hydrogens is 682 g/mol. The molecule has 3 aliphatic rings. The second-order valence-corrected chi connectivity index (χ2v) is 16.5. The van der Waals surface area contributed by atoms with Gasteiger partial charge in [-0.25, -0.2) is 0 Å². The number of carbonyl (C=O) groups excluding carboxylic acids is 2. The van der Waals surface area contributed by atoms with Crippen LogP contribution >= 0.6 is 0 Å². The smallest absolute Gasteiger partial charge is 0.303 e. The van der Waals surface area contributed by atoms with Gasteiger partial charge in [-0.1, -0.05) is 86.5 Å². The SMILES string of the molecule is C[C@@H]1[C@H](CN2[C@@H](C(=O)NC(C)(C)C)CC[C@H]3CCCC[C@H]32)O[C@H](c2ccc(-c3cccc(CNC(=O)CCC(=O)O)c3)cc2)O[C@@H]1c1ccc(CO)cc1. The summed E-state index contributed by atoms with van der Waals surface area (Å²) in [6, 6.07) is 24.2. The van der Waals surface area contributed by atoms with Gasteiger partial charge in [0, 0.05) is 42.6 Å². The molecule has 0 aromatic heterocycles. The van der Waals surface area contributed by atoms with Crippen molar-refractivity contribution in [1.82, 2.24) is 15.5 Å². The molecule has 1 aliphatic carbocycles. The van der Waals surface area contributed by atoms with Crippen molar-refractivity contribution in [3.05, 3.63) is 95.1 Å². The number of carbonyl (C=O) groups is 3. The first-order valence-corrected chi connectivity index (χ1v) is 19.6. The van der Waals surface area contributed by atoms with Gasteiger partial charge in [0.2, 0.25) is 11.8 Å². The highest BCUT2D eigenvalue weighted by Gasteiger charge is 2.46. The van der Waals surface area contributed by atoms with E-state index in [9.17, 15) is 19.5 Å². The number of likely N-dealkylation sites (tertiary alicyclic amines) is 1. The topological polar surface area (TPSA) is 137 Å². The zero-order valence-corrected chi connectivity index (χ0v) is 32.1. The largest absolute Gasteiger partial charge is 0.481 e. The van der Waals surface area contributed by atoms with Crippen LogP contribution in [0.15, 0.2) is 72.8 Å². The van der Waals surface area contributed by atoms with Crippen LogP contribution in [0.1, 0.15) is 114 Å². The van der Waals surface area contributed by atoms with Crippen LogP contribution in [0.2, 0.25) is 0 Å². The fraction of sp³-hybridized carbons (Fsp3) is 0.523. The van der Waals surface area contributed by atoms with Crippen LogP contribution < -0.4 is 10.6 Å². The van der Waals surface area contributed by atoms with Crippen molar-refractivity contribution in [2.24, 2.45) is 11.8 Å². The maximum absolute atomic E-state index is 13.9. The van der Waals surface area contributed by atoms with Gasteiger partial charge < -0.3 is 30.3 Å². The lowest BCUT2D eigenvalue weighted by molar-refractivity contribution is -0.278. The van der Waals surface area contributed by atoms with Gasteiger partial charge in [0.25, 0.3) is 0 Å². The Bertz CT molecular complexity index is 1740. The Morgan fingerprint density at radius 2 is 1.56 bits per heavy atom. The molecule has 1 saturated carbocycles. The van der Waals surface area contributed by atoms with E-state index in [2.05, 4.69) is 34.6 Å². The summed E-state index contributed by atoms with van der Waals surface area (Å²) in [5, 5.41) is 24.7. The second-order valence-electron chi connectivity index (χ2n) is 16.5. The molecule has 0 unspecified atom stereocenters. The van der Waals surface area contributed by atoms with Crippen LogP contribution in [0.25, 0.3) is 11.1 Å². The summed E-state index contributed by atoms with van der Waals surface area (Å²) in [5.74, 6) is -0.616.